The first-order chi connectivity index (χ1) is 7.69. The summed E-state index contributed by atoms with van der Waals surface area (Å²) in [6.07, 6.45) is 4.65. The normalized spacial score (nSPS) is 24.9. The average Bonchev–Trinajstić information content (AvgIpc) is 2.87. The number of nitrogens with zero attached hydrogens (tertiary/aromatic N) is 2. The summed E-state index contributed by atoms with van der Waals surface area (Å²) < 4.78 is 1.68. The summed E-state index contributed by atoms with van der Waals surface area (Å²) in [7, 11) is 1.83. The van der Waals surface area contributed by atoms with E-state index in [2.05, 4.69) is 17.3 Å². The highest BCUT2D eigenvalue weighted by atomic mass is 16.1. The first-order valence-electron chi connectivity index (χ1n) is 5.93. The maximum absolute atomic E-state index is 12.5. The van der Waals surface area contributed by atoms with E-state index in [-0.39, 0.29) is 11.2 Å². The Morgan fingerprint density at radius 2 is 2.50 bits per heavy atom. The van der Waals surface area contributed by atoms with Gasteiger partial charge in [0, 0.05) is 25.2 Å². The van der Waals surface area contributed by atoms with Crippen LogP contribution in [-0.2, 0) is 7.05 Å². The molecule has 4 nitrogen and oxygen atoms in total. The maximum Gasteiger partial charge on any atom is 0.188 e. The summed E-state index contributed by atoms with van der Waals surface area (Å²) >= 11 is 0. The van der Waals surface area contributed by atoms with Gasteiger partial charge in [-0.1, -0.05) is 13.3 Å². The topological polar surface area (TPSA) is 46.9 Å². The fourth-order valence-electron chi connectivity index (χ4n) is 2.61. The smallest absolute Gasteiger partial charge is 0.188 e. The van der Waals surface area contributed by atoms with Crippen molar-refractivity contribution >= 4 is 5.78 Å². The van der Waals surface area contributed by atoms with E-state index in [9.17, 15) is 4.79 Å². The molecule has 2 heterocycles. The molecular weight excluding hydrogens is 202 g/mol. The van der Waals surface area contributed by atoms with Crippen molar-refractivity contribution in [3.05, 3.63) is 18.0 Å². The van der Waals surface area contributed by atoms with Crippen LogP contribution < -0.4 is 5.32 Å². The zero-order valence-corrected chi connectivity index (χ0v) is 9.99. The second-order valence-corrected chi connectivity index (χ2v) is 4.63. The highest BCUT2D eigenvalue weighted by Crippen LogP contribution is 2.34. The van der Waals surface area contributed by atoms with Gasteiger partial charge in [-0.15, -0.1) is 0 Å². The molecule has 1 atom stereocenters. The van der Waals surface area contributed by atoms with E-state index in [0.29, 0.717) is 0 Å². The number of aromatic nitrogens is 2. The monoisotopic (exact) mass is 221 g/mol. The van der Waals surface area contributed by atoms with Gasteiger partial charge in [-0.3, -0.25) is 9.48 Å². The van der Waals surface area contributed by atoms with Crippen LogP contribution in [0, 0.1) is 5.41 Å². The molecule has 1 aromatic heterocycles. The molecule has 0 amide bonds. The van der Waals surface area contributed by atoms with Crippen LogP contribution in [0.5, 0.6) is 0 Å². The quantitative estimate of drug-likeness (QED) is 0.781. The van der Waals surface area contributed by atoms with Crippen molar-refractivity contribution in [3.8, 4) is 0 Å². The van der Waals surface area contributed by atoms with Crippen LogP contribution in [0.15, 0.2) is 12.3 Å². The number of ketones is 1. The molecule has 88 valence electrons. The number of rotatable bonds is 4. The Morgan fingerprint density at radius 3 is 3.00 bits per heavy atom. The lowest BCUT2D eigenvalue weighted by Gasteiger charge is -2.25. The minimum atomic E-state index is -0.192. The average molecular weight is 221 g/mol. The van der Waals surface area contributed by atoms with Crippen molar-refractivity contribution in [3.63, 3.8) is 0 Å². The van der Waals surface area contributed by atoms with E-state index in [1.165, 1.54) is 0 Å². The third-order valence-electron chi connectivity index (χ3n) is 3.51. The Hall–Kier alpha value is -1.16. The zero-order chi connectivity index (χ0) is 11.6. The van der Waals surface area contributed by atoms with Crippen molar-refractivity contribution in [1.82, 2.24) is 15.1 Å². The lowest BCUT2D eigenvalue weighted by Crippen LogP contribution is -2.34. The van der Waals surface area contributed by atoms with Crippen molar-refractivity contribution in [2.75, 3.05) is 13.1 Å². The van der Waals surface area contributed by atoms with E-state index in [0.717, 1.165) is 38.0 Å². The lowest BCUT2D eigenvalue weighted by atomic mass is 9.77. The molecule has 1 unspecified atom stereocenters. The number of aryl methyl sites for hydroxylation is 1. The lowest BCUT2D eigenvalue weighted by molar-refractivity contribution is 0.0791. The molecule has 0 radical (unpaired) electrons. The van der Waals surface area contributed by atoms with Crippen LogP contribution in [0.25, 0.3) is 0 Å². The first kappa shape index (κ1) is 11.3. The molecule has 1 aliphatic heterocycles. The fourth-order valence-corrected chi connectivity index (χ4v) is 2.61. The Morgan fingerprint density at radius 1 is 1.69 bits per heavy atom. The molecule has 1 fully saturated rings. The zero-order valence-electron chi connectivity index (χ0n) is 9.99. The Bertz CT molecular complexity index is 377. The molecule has 16 heavy (non-hydrogen) atoms. The summed E-state index contributed by atoms with van der Waals surface area (Å²) in [5.41, 5.74) is 0.542. The Labute approximate surface area is 96.0 Å². The van der Waals surface area contributed by atoms with Gasteiger partial charge in [0.15, 0.2) is 5.78 Å². The Balaban J connectivity index is 2.27. The largest absolute Gasteiger partial charge is 0.316 e. The summed E-state index contributed by atoms with van der Waals surface area (Å²) in [6, 6.07) is 1.82. The van der Waals surface area contributed by atoms with E-state index in [1.807, 2.05) is 13.1 Å². The van der Waals surface area contributed by atoms with Gasteiger partial charge in [-0.05, 0) is 25.5 Å². The van der Waals surface area contributed by atoms with Crippen molar-refractivity contribution in [2.45, 2.75) is 26.2 Å². The van der Waals surface area contributed by atoms with Crippen molar-refractivity contribution in [1.29, 1.82) is 0 Å². The van der Waals surface area contributed by atoms with Crippen LogP contribution in [0.4, 0.5) is 0 Å². The van der Waals surface area contributed by atoms with E-state index in [4.69, 9.17) is 0 Å². The number of carbonyl (C=O) groups excluding carboxylic acids is 1. The van der Waals surface area contributed by atoms with Gasteiger partial charge in [0.25, 0.3) is 0 Å². The van der Waals surface area contributed by atoms with Gasteiger partial charge >= 0.3 is 0 Å². The molecule has 1 N–H and O–H groups in total. The molecule has 1 saturated heterocycles. The molecule has 0 aromatic carbocycles. The van der Waals surface area contributed by atoms with E-state index in [1.54, 1.807) is 10.9 Å². The third kappa shape index (κ3) is 1.78. The standard InChI is InChI=1S/C12H19N3O/c1-3-5-12(6-8-13-9-12)11(16)10-4-7-14-15(10)2/h4,7,13H,3,5-6,8-9H2,1-2H3. The van der Waals surface area contributed by atoms with Gasteiger partial charge in [-0.2, -0.15) is 5.10 Å². The van der Waals surface area contributed by atoms with Crippen LogP contribution in [0.1, 0.15) is 36.7 Å². The fraction of sp³-hybridized carbons (Fsp3) is 0.667. The predicted molar refractivity (Wildman–Crippen MR) is 62.4 cm³/mol. The van der Waals surface area contributed by atoms with E-state index < -0.39 is 0 Å². The summed E-state index contributed by atoms with van der Waals surface area (Å²) in [5, 5.41) is 7.39. The van der Waals surface area contributed by atoms with Gasteiger partial charge in [-0.25, -0.2) is 0 Å². The summed E-state index contributed by atoms with van der Waals surface area (Å²) in [6.45, 7) is 3.89. The second kappa shape index (κ2) is 4.37. The highest BCUT2D eigenvalue weighted by molar-refractivity contribution is 5.99. The van der Waals surface area contributed by atoms with Crippen LogP contribution >= 0.6 is 0 Å². The summed E-state index contributed by atoms with van der Waals surface area (Å²) in [5.74, 6) is 0.249. The minimum Gasteiger partial charge on any atom is -0.316 e. The molecule has 0 bridgehead atoms. The number of hydrogen-bond donors (Lipinski definition) is 1. The molecular formula is C12H19N3O. The van der Waals surface area contributed by atoms with Crippen molar-refractivity contribution < 1.29 is 4.79 Å². The van der Waals surface area contributed by atoms with Crippen molar-refractivity contribution in [2.24, 2.45) is 12.5 Å². The van der Waals surface area contributed by atoms with Gasteiger partial charge in [0.05, 0.1) is 0 Å². The maximum atomic E-state index is 12.5. The summed E-state index contributed by atoms with van der Waals surface area (Å²) in [4.78, 5) is 12.5. The number of hydrogen-bond acceptors (Lipinski definition) is 3. The Kier molecular flexibility index (Phi) is 3.10. The second-order valence-electron chi connectivity index (χ2n) is 4.63. The molecule has 0 saturated carbocycles. The molecule has 0 aliphatic carbocycles. The SMILES string of the molecule is CCCC1(C(=O)c2ccnn2C)CCNC1. The molecule has 1 aromatic rings. The molecule has 4 heteroatoms. The number of carbonyl (C=O) groups is 1. The predicted octanol–water partition coefficient (Wildman–Crippen LogP) is 1.38. The van der Waals surface area contributed by atoms with Crippen LogP contribution in [-0.4, -0.2) is 28.7 Å². The number of Topliss-reactive ketones (excluding diaryl/α,β-unsaturated/α-hetero) is 1. The number of nitrogens with one attached hydrogen (secondary N) is 1. The minimum absolute atomic E-state index is 0.192. The third-order valence-corrected chi connectivity index (χ3v) is 3.51. The molecule has 2 rings (SSSR count). The van der Waals surface area contributed by atoms with E-state index >= 15 is 0 Å². The van der Waals surface area contributed by atoms with Gasteiger partial charge in [0.1, 0.15) is 5.69 Å². The first-order valence-corrected chi connectivity index (χ1v) is 5.93. The molecule has 1 aliphatic rings. The van der Waals surface area contributed by atoms with Gasteiger partial charge < -0.3 is 5.32 Å². The highest BCUT2D eigenvalue weighted by Gasteiger charge is 2.41. The van der Waals surface area contributed by atoms with Gasteiger partial charge in [0.2, 0.25) is 0 Å². The van der Waals surface area contributed by atoms with Crippen LogP contribution in [0.2, 0.25) is 0 Å². The molecule has 0 spiro atoms. The van der Waals surface area contributed by atoms with Crippen LogP contribution in [0.3, 0.4) is 0 Å².